The fraction of sp³-hybridized carbons (Fsp3) is 0.600. The van der Waals surface area contributed by atoms with Gasteiger partial charge in [0.25, 0.3) is 5.91 Å². The highest BCUT2D eigenvalue weighted by atomic mass is 16.5. The number of nitrogens with zero attached hydrogens (tertiary/aromatic N) is 1. The smallest absolute Gasteiger partial charge is 0.326 e. The number of amides is 2. The minimum absolute atomic E-state index is 0.0853. The van der Waals surface area contributed by atoms with Crippen molar-refractivity contribution in [1.82, 2.24) is 4.90 Å². The molecule has 0 bridgehead atoms. The van der Waals surface area contributed by atoms with E-state index in [4.69, 9.17) is 0 Å². The van der Waals surface area contributed by atoms with Crippen molar-refractivity contribution < 1.29 is 23.9 Å². The number of ketones is 1. The van der Waals surface area contributed by atoms with E-state index in [1.165, 1.54) is 14.0 Å². The molecule has 0 aromatic heterocycles. The van der Waals surface area contributed by atoms with Gasteiger partial charge in [0.05, 0.1) is 12.5 Å². The van der Waals surface area contributed by atoms with Crippen molar-refractivity contribution in [2.75, 3.05) is 13.7 Å². The van der Waals surface area contributed by atoms with Gasteiger partial charge < -0.3 is 4.74 Å². The van der Waals surface area contributed by atoms with E-state index in [2.05, 4.69) is 4.74 Å². The lowest BCUT2D eigenvalue weighted by molar-refractivity contribution is -0.166. The van der Waals surface area contributed by atoms with Gasteiger partial charge in [0.2, 0.25) is 5.91 Å². The molecule has 0 N–H and O–H groups in total. The molecule has 0 saturated carbocycles. The molecule has 6 heteroatoms. The molecule has 1 aliphatic rings. The van der Waals surface area contributed by atoms with E-state index in [-0.39, 0.29) is 6.61 Å². The van der Waals surface area contributed by atoms with Crippen molar-refractivity contribution in [2.24, 2.45) is 11.8 Å². The predicted octanol–water partition coefficient (Wildman–Crippen LogP) is -0.631. The number of likely N-dealkylation sites (tertiary alicyclic amines) is 1. The predicted molar refractivity (Wildman–Crippen MR) is 52.1 cm³/mol. The van der Waals surface area contributed by atoms with Gasteiger partial charge in [0.15, 0.2) is 11.7 Å². The summed E-state index contributed by atoms with van der Waals surface area (Å²) in [4.78, 5) is 46.8. The van der Waals surface area contributed by atoms with E-state index in [0.717, 1.165) is 4.90 Å². The van der Waals surface area contributed by atoms with Gasteiger partial charge >= 0.3 is 5.97 Å². The summed E-state index contributed by atoms with van der Waals surface area (Å²) in [6.45, 7) is 3.04. The summed E-state index contributed by atoms with van der Waals surface area (Å²) in [6.07, 6.45) is 0. The third-order valence-electron chi connectivity index (χ3n) is 2.51. The summed E-state index contributed by atoms with van der Waals surface area (Å²) in [6, 6.07) is 0. The molecule has 0 spiro atoms. The molecule has 0 aromatic rings. The zero-order valence-corrected chi connectivity index (χ0v) is 9.35. The van der Waals surface area contributed by atoms with Crippen LogP contribution in [0.2, 0.25) is 0 Å². The Kier molecular flexibility index (Phi) is 3.41. The van der Waals surface area contributed by atoms with Gasteiger partial charge in [-0.25, -0.2) is 0 Å². The maximum Gasteiger partial charge on any atom is 0.326 e. The number of Topliss-reactive ketones (excluding diaryl/α,β-unsaturated/α-hetero) is 1. The van der Waals surface area contributed by atoms with Crippen molar-refractivity contribution in [2.45, 2.75) is 13.8 Å². The van der Waals surface area contributed by atoms with E-state index < -0.39 is 35.4 Å². The van der Waals surface area contributed by atoms with Crippen molar-refractivity contribution in [3.8, 4) is 0 Å². The molecule has 88 valence electrons. The Balaban J connectivity index is 3.00. The molecule has 1 saturated heterocycles. The molecule has 0 aliphatic carbocycles. The van der Waals surface area contributed by atoms with E-state index in [9.17, 15) is 19.2 Å². The molecular weight excluding hydrogens is 214 g/mol. The Hall–Kier alpha value is -1.72. The average molecular weight is 227 g/mol. The first-order chi connectivity index (χ1) is 7.41. The van der Waals surface area contributed by atoms with Crippen molar-refractivity contribution >= 4 is 23.6 Å². The molecule has 1 heterocycles. The first-order valence-electron chi connectivity index (χ1n) is 4.93. The second kappa shape index (κ2) is 4.42. The second-order valence-electron chi connectivity index (χ2n) is 3.54. The minimum Gasteiger partial charge on any atom is -0.465 e. The molecule has 16 heavy (non-hydrogen) atoms. The number of rotatable bonds is 2. The number of imide groups is 1. The molecule has 2 unspecified atom stereocenters. The van der Waals surface area contributed by atoms with Crippen LogP contribution in [-0.4, -0.2) is 42.1 Å². The first kappa shape index (κ1) is 12.4. The number of ether oxygens (including phenoxy) is 1. The monoisotopic (exact) mass is 227 g/mol. The van der Waals surface area contributed by atoms with Crippen molar-refractivity contribution in [1.29, 1.82) is 0 Å². The number of carbonyl (C=O) groups excluding carboxylic acids is 4. The summed E-state index contributed by atoms with van der Waals surface area (Å²) in [7, 11) is 1.25. The van der Waals surface area contributed by atoms with Gasteiger partial charge in [-0.15, -0.1) is 0 Å². The van der Waals surface area contributed by atoms with Crippen LogP contribution in [-0.2, 0) is 23.9 Å². The Morgan fingerprint density at radius 1 is 1.31 bits per heavy atom. The van der Waals surface area contributed by atoms with Gasteiger partial charge in [-0.05, 0) is 13.8 Å². The fourth-order valence-corrected chi connectivity index (χ4v) is 1.53. The zero-order chi connectivity index (χ0) is 12.5. The Bertz CT molecular complexity index is 338. The Morgan fingerprint density at radius 3 is 2.38 bits per heavy atom. The summed E-state index contributed by atoms with van der Waals surface area (Å²) >= 11 is 0. The Labute approximate surface area is 92.5 Å². The third-order valence-corrected chi connectivity index (χ3v) is 2.51. The van der Waals surface area contributed by atoms with Crippen molar-refractivity contribution in [3.05, 3.63) is 0 Å². The molecule has 6 nitrogen and oxygen atoms in total. The molecular formula is C10H13NO5. The number of hydrogen-bond acceptors (Lipinski definition) is 5. The maximum atomic E-state index is 11.6. The van der Waals surface area contributed by atoms with Crippen molar-refractivity contribution in [3.63, 3.8) is 0 Å². The molecule has 1 rings (SSSR count). The minimum atomic E-state index is -1.49. The van der Waals surface area contributed by atoms with E-state index in [0.29, 0.717) is 0 Å². The number of carbonyl (C=O) groups is 4. The molecule has 0 radical (unpaired) electrons. The standard InChI is InChI=1S/C10H13NO5/c1-4-16-10(15)6-7(12)5(2)8(13)11(3)9(6)14/h5-6H,4H2,1-3H3. The van der Waals surface area contributed by atoms with Gasteiger partial charge in [-0.1, -0.05) is 0 Å². The van der Waals surface area contributed by atoms with Gasteiger partial charge in [-0.2, -0.15) is 0 Å². The van der Waals surface area contributed by atoms with E-state index >= 15 is 0 Å². The van der Waals surface area contributed by atoms with Crippen LogP contribution in [0.25, 0.3) is 0 Å². The lowest BCUT2D eigenvalue weighted by Crippen LogP contribution is -2.54. The lowest BCUT2D eigenvalue weighted by Gasteiger charge is -2.29. The number of hydrogen-bond donors (Lipinski definition) is 0. The van der Waals surface area contributed by atoms with Crippen LogP contribution < -0.4 is 0 Å². The van der Waals surface area contributed by atoms with Gasteiger partial charge in [0, 0.05) is 7.05 Å². The van der Waals surface area contributed by atoms with Crippen LogP contribution >= 0.6 is 0 Å². The molecule has 2 atom stereocenters. The summed E-state index contributed by atoms with van der Waals surface area (Å²) in [5, 5.41) is 0. The largest absolute Gasteiger partial charge is 0.465 e. The SMILES string of the molecule is CCOC(=O)C1C(=O)C(C)C(=O)N(C)C1=O. The highest BCUT2D eigenvalue weighted by Crippen LogP contribution is 2.20. The van der Waals surface area contributed by atoms with Gasteiger partial charge in [0.1, 0.15) is 0 Å². The molecule has 0 aromatic carbocycles. The van der Waals surface area contributed by atoms with E-state index in [1.54, 1.807) is 6.92 Å². The molecule has 1 aliphatic heterocycles. The highest BCUT2D eigenvalue weighted by molar-refractivity contribution is 6.27. The Morgan fingerprint density at radius 2 is 1.88 bits per heavy atom. The van der Waals surface area contributed by atoms with Crippen LogP contribution in [0.3, 0.4) is 0 Å². The normalized spacial score (nSPS) is 25.9. The van der Waals surface area contributed by atoms with Crippen LogP contribution in [0.4, 0.5) is 0 Å². The van der Waals surface area contributed by atoms with Crippen LogP contribution in [0.1, 0.15) is 13.8 Å². The van der Waals surface area contributed by atoms with Gasteiger partial charge in [-0.3, -0.25) is 24.1 Å². The second-order valence-corrected chi connectivity index (χ2v) is 3.54. The lowest BCUT2D eigenvalue weighted by atomic mass is 9.88. The number of piperidine rings is 1. The fourth-order valence-electron chi connectivity index (χ4n) is 1.53. The zero-order valence-electron chi connectivity index (χ0n) is 9.35. The first-order valence-corrected chi connectivity index (χ1v) is 4.93. The summed E-state index contributed by atoms with van der Waals surface area (Å²) in [5.41, 5.74) is 0. The van der Waals surface area contributed by atoms with Crippen LogP contribution in [0.5, 0.6) is 0 Å². The van der Waals surface area contributed by atoms with E-state index in [1.807, 2.05) is 0 Å². The third kappa shape index (κ3) is 1.82. The topological polar surface area (TPSA) is 80.8 Å². The van der Waals surface area contributed by atoms with Crippen LogP contribution in [0.15, 0.2) is 0 Å². The molecule has 1 fully saturated rings. The molecule has 2 amide bonds. The average Bonchev–Trinajstić information content (AvgIpc) is 2.24. The highest BCUT2D eigenvalue weighted by Gasteiger charge is 2.48. The quantitative estimate of drug-likeness (QED) is 0.356. The summed E-state index contributed by atoms with van der Waals surface area (Å²) in [5.74, 6) is -5.44. The summed E-state index contributed by atoms with van der Waals surface area (Å²) < 4.78 is 4.64. The number of esters is 1. The van der Waals surface area contributed by atoms with Crippen LogP contribution in [0, 0.1) is 11.8 Å². The maximum absolute atomic E-state index is 11.6.